The molecule has 4 aliphatic carbocycles. The van der Waals surface area contributed by atoms with Gasteiger partial charge >= 0.3 is 0 Å². The van der Waals surface area contributed by atoms with Crippen LogP contribution in [0.3, 0.4) is 0 Å². The van der Waals surface area contributed by atoms with Crippen LogP contribution in [0.1, 0.15) is 77.2 Å². The highest BCUT2D eigenvalue weighted by Gasteiger charge is 2.60. The lowest BCUT2D eigenvalue weighted by Crippen LogP contribution is -2.56. The average Bonchev–Trinajstić information content (AvgIpc) is 3.03. The van der Waals surface area contributed by atoms with E-state index < -0.39 is 0 Å². The first kappa shape index (κ1) is 19.1. The van der Waals surface area contributed by atoms with Crippen LogP contribution in [0, 0.1) is 34.5 Å². The van der Waals surface area contributed by atoms with Gasteiger partial charge in [-0.25, -0.2) is 0 Å². The SMILES string of the molecule is C[C@]12CC(O)CCC1CC[C@@H]1[C@H]2CC[C@]2(C)C(NCc3cccnc3)CC[C@@H]12. The number of aliphatic hydroxyl groups is 1. The topological polar surface area (TPSA) is 45.1 Å². The first-order valence-electron chi connectivity index (χ1n) is 11.8. The molecule has 0 spiro atoms. The van der Waals surface area contributed by atoms with Gasteiger partial charge in [-0.2, -0.15) is 0 Å². The van der Waals surface area contributed by atoms with Gasteiger partial charge in [0.2, 0.25) is 0 Å². The number of fused-ring (bicyclic) bond motifs is 5. The van der Waals surface area contributed by atoms with E-state index in [2.05, 4.69) is 30.2 Å². The molecule has 0 bridgehead atoms. The molecular weight excluding hydrogens is 344 g/mol. The molecule has 154 valence electrons. The zero-order chi connectivity index (χ0) is 19.4. The highest BCUT2D eigenvalue weighted by Crippen LogP contribution is 2.66. The second-order valence-corrected chi connectivity index (χ2v) is 11.0. The van der Waals surface area contributed by atoms with Crippen LogP contribution < -0.4 is 5.32 Å². The van der Waals surface area contributed by atoms with Crippen LogP contribution in [0.5, 0.6) is 0 Å². The normalized spacial score (nSPS) is 47.8. The summed E-state index contributed by atoms with van der Waals surface area (Å²) in [5.74, 6) is 3.46. The number of hydrogen-bond acceptors (Lipinski definition) is 3. The quantitative estimate of drug-likeness (QED) is 0.778. The molecule has 5 rings (SSSR count). The van der Waals surface area contributed by atoms with E-state index >= 15 is 0 Å². The molecule has 0 saturated heterocycles. The third-order valence-corrected chi connectivity index (χ3v) is 9.86. The second-order valence-electron chi connectivity index (χ2n) is 11.0. The number of pyridine rings is 1. The van der Waals surface area contributed by atoms with Crippen molar-refractivity contribution in [2.45, 2.75) is 90.3 Å². The van der Waals surface area contributed by atoms with Gasteiger partial charge < -0.3 is 10.4 Å². The van der Waals surface area contributed by atoms with E-state index in [9.17, 15) is 5.11 Å². The summed E-state index contributed by atoms with van der Waals surface area (Å²) in [6.07, 6.45) is 15.5. The number of nitrogens with zero attached hydrogens (tertiary/aromatic N) is 1. The summed E-state index contributed by atoms with van der Waals surface area (Å²) in [6.45, 7) is 6.08. The fourth-order valence-corrected chi connectivity index (χ4v) is 8.41. The highest BCUT2D eigenvalue weighted by molar-refractivity contribution is 5.13. The molecule has 1 heterocycles. The lowest BCUT2D eigenvalue weighted by molar-refractivity contribution is -0.127. The molecule has 1 aromatic rings. The summed E-state index contributed by atoms with van der Waals surface area (Å²) in [5.41, 5.74) is 2.13. The molecule has 4 aliphatic rings. The summed E-state index contributed by atoms with van der Waals surface area (Å²) in [6, 6.07) is 4.86. The smallest absolute Gasteiger partial charge is 0.0545 e. The van der Waals surface area contributed by atoms with Gasteiger partial charge in [-0.05, 0) is 104 Å². The summed E-state index contributed by atoms with van der Waals surface area (Å²) in [4.78, 5) is 4.27. The zero-order valence-corrected chi connectivity index (χ0v) is 17.7. The van der Waals surface area contributed by atoms with E-state index in [0.29, 0.717) is 16.9 Å². The van der Waals surface area contributed by atoms with Gasteiger partial charge in [0.05, 0.1) is 6.10 Å². The van der Waals surface area contributed by atoms with Crippen molar-refractivity contribution < 1.29 is 5.11 Å². The van der Waals surface area contributed by atoms with Crippen molar-refractivity contribution in [2.75, 3.05) is 0 Å². The van der Waals surface area contributed by atoms with E-state index in [1.54, 1.807) is 0 Å². The molecule has 3 heteroatoms. The van der Waals surface area contributed by atoms with Crippen molar-refractivity contribution in [1.82, 2.24) is 10.3 Å². The third kappa shape index (κ3) is 2.96. The molecule has 3 nitrogen and oxygen atoms in total. The monoisotopic (exact) mass is 382 g/mol. The van der Waals surface area contributed by atoms with E-state index in [0.717, 1.165) is 43.1 Å². The van der Waals surface area contributed by atoms with Crippen molar-refractivity contribution in [1.29, 1.82) is 0 Å². The van der Waals surface area contributed by atoms with Gasteiger partial charge in [0.25, 0.3) is 0 Å². The first-order chi connectivity index (χ1) is 13.5. The Hall–Kier alpha value is -0.930. The van der Waals surface area contributed by atoms with Gasteiger partial charge in [0, 0.05) is 25.0 Å². The van der Waals surface area contributed by atoms with Crippen LogP contribution in [-0.4, -0.2) is 22.2 Å². The van der Waals surface area contributed by atoms with Crippen molar-refractivity contribution in [3.8, 4) is 0 Å². The van der Waals surface area contributed by atoms with Crippen LogP contribution in [0.15, 0.2) is 24.5 Å². The Morgan fingerprint density at radius 1 is 1.04 bits per heavy atom. The first-order valence-corrected chi connectivity index (χ1v) is 11.8. The fraction of sp³-hybridized carbons (Fsp3) is 0.800. The molecule has 1 aromatic heterocycles. The number of rotatable bonds is 3. The Balaban J connectivity index is 1.32. The van der Waals surface area contributed by atoms with Gasteiger partial charge in [-0.1, -0.05) is 19.9 Å². The molecule has 2 N–H and O–H groups in total. The zero-order valence-electron chi connectivity index (χ0n) is 17.7. The molecule has 3 unspecified atom stereocenters. The van der Waals surface area contributed by atoms with Crippen molar-refractivity contribution in [2.24, 2.45) is 34.5 Å². The van der Waals surface area contributed by atoms with Gasteiger partial charge in [-0.15, -0.1) is 0 Å². The van der Waals surface area contributed by atoms with Crippen LogP contribution in [0.2, 0.25) is 0 Å². The summed E-state index contributed by atoms with van der Waals surface area (Å²) in [5, 5.41) is 14.4. The molecule has 8 atom stereocenters. The minimum atomic E-state index is -0.0502. The van der Waals surface area contributed by atoms with Gasteiger partial charge in [0.15, 0.2) is 0 Å². The maximum atomic E-state index is 10.4. The summed E-state index contributed by atoms with van der Waals surface area (Å²) >= 11 is 0. The number of nitrogens with one attached hydrogen (secondary N) is 1. The lowest BCUT2D eigenvalue weighted by atomic mass is 9.45. The van der Waals surface area contributed by atoms with Crippen molar-refractivity contribution in [3.05, 3.63) is 30.1 Å². The number of aliphatic hydroxyl groups excluding tert-OH is 1. The Morgan fingerprint density at radius 2 is 1.86 bits per heavy atom. The minimum Gasteiger partial charge on any atom is -0.393 e. The second kappa shape index (κ2) is 7.09. The molecule has 0 aliphatic heterocycles. The summed E-state index contributed by atoms with van der Waals surface area (Å²) < 4.78 is 0. The maximum absolute atomic E-state index is 10.4. The predicted molar refractivity (Wildman–Crippen MR) is 113 cm³/mol. The number of hydrogen-bond donors (Lipinski definition) is 2. The molecule has 4 fully saturated rings. The molecule has 0 radical (unpaired) electrons. The predicted octanol–water partition coefficient (Wildman–Crippen LogP) is 4.94. The van der Waals surface area contributed by atoms with Crippen LogP contribution in [0.4, 0.5) is 0 Å². The fourth-order valence-electron chi connectivity index (χ4n) is 8.41. The van der Waals surface area contributed by atoms with Crippen molar-refractivity contribution >= 4 is 0 Å². The Labute approximate surface area is 170 Å². The summed E-state index contributed by atoms with van der Waals surface area (Å²) in [7, 11) is 0. The number of aromatic nitrogens is 1. The standard InChI is InChI=1S/C25H38N2O/c1-24-12-11-22-20(8-6-18-5-7-19(28)14-25(18,22)2)21(24)9-10-23(24)27-16-17-4-3-13-26-15-17/h3-4,13,15,18-23,27-28H,5-12,14,16H2,1-2H3/t18?,19?,20-,21-,22+,23?,24-,25-/m0/s1. The van der Waals surface area contributed by atoms with E-state index in [4.69, 9.17) is 0 Å². The Kier molecular flexibility index (Phi) is 4.83. The van der Waals surface area contributed by atoms with Crippen LogP contribution in [-0.2, 0) is 6.54 Å². The molecule has 0 aromatic carbocycles. The van der Waals surface area contributed by atoms with E-state index in [-0.39, 0.29) is 6.10 Å². The van der Waals surface area contributed by atoms with E-state index in [1.165, 1.54) is 50.5 Å². The molecule has 4 saturated carbocycles. The largest absolute Gasteiger partial charge is 0.393 e. The Morgan fingerprint density at radius 3 is 2.68 bits per heavy atom. The molecule has 28 heavy (non-hydrogen) atoms. The maximum Gasteiger partial charge on any atom is 0.0545 e. The highest BCUT2D eigenvalue weighted by atomic mass is 16.3. The van der Waals surface area contributed by atoms with Crippen LogP contribution >= 0.6 is 0 Å². The van der Waals surface area contributed by atoms with E-state index in [1.807, 2.05) is 18.5 Å². The third-order valence-electron chi connectivity index (χ3n) is 9.86. The average molecular weight is 383 g/mol. The molecule has 0 amide bonds. The minimum absolute atomic E-state index is 0.0502. The van der Waals surface area contributed by atoms with Gasteiger partial charge in [0.1, 0.15) is 0 Å². The Bertz CT molecular complexity index is 693. The van der Waals surface area contributed by atoms with Crippen molar-refractivity contribution in [3.63, 3.8) is 0 Å². The van der Waals surface area contributed by atoms with Gasteiger partial charge in [-0.3, -0.25) is 4.98 Å². The van der Waals surface area contributed by atoms with Crippen LogP contribution in [0.25, 0.3) is 0 Å². The molecular formula is C25H38N2O. The lowest BCUT2D eigenvalue weighted by Gasteiger charge is -2.61.